The number of hydrogen-bond donors (Lipinski definition) is 1. The van der Waals surface area contributed by atoms with Gasteiger partial charge in [0.05, 0.1) is 11.6 Å². The van der Waals surface area contributed by atoms with Crippen LogP contribution in [0.2, 0.25) is 0 Å². The fraction of sp³-hybridized carbons (Fsp3) is 0.526. The first kappa shape index (κ1) is 18.7. The van der Waals surface area contributed by atoms with Crippen molar-refractivity contribution in [2.75, 3.05) is 13.1 Å². The molecule has 138 valence electrons. The molecule has 7 heteroatoms. The summed E-state index contributed by atoms with van der Waals surface area (Å²) in [6.07, 6.45) is 1.15. The Kier molecular flexibility index (Phi) is 4.76. The maximum Gasteiger partial charge on any atom is 0.407 e. The topological polar surface area (TPSA) is 99.8 Å². The van der Waals surface area contributed by atoms with Crippen LogP contribution in [0.3, 0.4) is 0 Å². The zero-order valence-corrected chi connectivity index (χ0v) is 16.1. The second-order valence-electron chi connectivity index (χ2n) is 8.01. The number of piperidine rings is 1. The summed E-state index contributed by atoms with van der Waals surface area (Å²) in [5, 5.41) is 18.5. The van der Waals surface area contributed by atoms with Gasteiger partial charge in [-0.1, -0.05) is 10.5 Å². The number of amides is 1. The summed E-state index contributed by atoms with van der Waals surface area (Å²) in [5.41, 5.74) is 3.02. The van der Waals surface area contributed by atoms with Gasteiger partial charge in [0.15, 0.2) is 0 Å². The minimum Gasteiger partial charge on any atom is -0.591 e. The first-order valence-electron chi connectivity index (χ1n) is 8.69. The van der Waals surface area contributed by atoms with Crippen LogP contribution in [0.15, 0.2) is 22.6 Å². The summed E-state index contributed by atoms with van der Waals surface area (Å²) in [6, 6.07) is 7.72. The molecule has 1 saturated heterocycles. The third-order valence-electron chi connectivity index (χ3n) is 5.21. The number of nitriles is 1. The van der Waals surface area contributed by atoms with Gasteiger partial charge in [-0.25, -0.2) is 4.79 Å². The SMILES string of the molecule is CC(C)(C)[S@@+]([O-])/N=C1\c2cc(C#N)ccc2CC12CCN(C(=O)O)CC2. The molecule has 1 amide bonds. The zero-order valence-electron chi connectivity index (χ0n) is 15.3. The predicted octanol–water partition coefficient (Wildman–Crippen LogP) is 3.13. The van der Waals surface area contributed by atoms with Crippen molar-refractivity contribution in [2.24, 2.45) is 9.81 Å². The van der Waals surface area contributed by atoms with Crippen LogP contribution in [0.1, 0.15) is 50.3 Å². The molecule has 1 aliphatic carbocycles. The molecule has 3 rings (SSSR count). The van der Waals surface area contributed by atoms with Crippen LogP contribution in [0.25, 0.3) is 0 Å². The third kappa shape index (κ3) is 3.31. The lowest BCUT2D eigenvalue weighted by atomic mass is 9.74. The van der Waals surface area contributed by atoms with E-state index in [1.165, 1.54) is 4.90 Å². The van der Waals surface area contributed by atoms with Crippen molar-refractivity contribution < 1.29 is 14.5 Å². The van der Waals surface area contributed by atoms with Gasteiger partial charge in [0.1, 0.15) is 21.8 Å². The van der Waals surface area contributed by atoms with E-state index in [9.17, 15) is 19.7 Å². The maximum absolute atomic E-state index is 12.7. The quantitative estimate of drug-likeness (QED) is 0.764. The third-order valence-corrected chi connectivity index (χ3v) is 6.61. The Labute approximate surface area is 156 Å². The molecule has 1 aromatic rings. The van der Waals surface area contributed by atoms with Gasteiger partial charge in [0.2, 0.25) is 0 Å². The van der Waals surface area contributed by atoms with E-state index in [0.29, 0.717) is 31.5 Å². The molecule has 1 spiro atoms. The van der Waals surface area contributed by atoms with Gasteiger partial charge in [0, 0.05) is 24.1 Å². The smallest absolute Gasteiger partial charge is 0.407 e. The highest BCUT2D eigenvalue weighted by atomic mass is 32.2. The van der Waals surface area contributed by atoms with Gasteiger partial charge in [-0.2, -0.15) is 5.26 Å². The average molecular weight is 373 g/mol. The molecule has 2 aliphatic rings. The molecular weight excluding hydrogens is 350 g/mol. The molecule has 1 atom stereocenters. The molecule has 1 aromatic carbocycles. The van der Waals surface area contributed by atoms with E-state index in [4.69, 9.17) is 0 Å². The lowest BCUT2D eigenvalue weighted by Crippen LogP contribution is -2.45. The van der Waals surface area contributed by atoms with Crippen molar-refractivity contribution >= 4 is 23.2 Å². The van der Waals surface area contributed by atoms with Crippen LogP contribution < -0.4 is 0 Å². The van der Waals surface area contributed by atoms with E-state index < -0.39 is 22.2 Å². The van der Waals surface area contributed by atoms with Gasteiger partial charge in [-0.3, -0.25) is 0 Å². The van der Waals surface area contributed by atoms with Gasteiger partial charge in [-0.05, 0) is 57.7 Å². The van der Waals surface area contributed by atoms with Crippen molar-refractivity contribution in [2.45, 2.75) is 44.8 Å². The summed E-state index contributed by atoms with van der Waals surface area (Å²) >= 11 is -1.41. The molecular formula is C19H23N3O3S. The molecule has 1 heterocycles. The number of likely N-dealkylation sites (tertiary alicyclic amines) is 1. The van der Waals surface area contributed by atoms with E-state index in [1.54, 1.807) is 6.07 Å². The van der Waals surface area contributed by atoms with Crippen LogP contribution in [0.5, 0.6) is 0 Å². The molecule has 26 heavy (non-hydrogen) atoms. The summed E-state index contributed by atoms with van der Waals surface area (Å²) in [6.45, 7) is 6.53. The van der Waals surface area contributed by atoms with Gasteiger partial charge in [0.25, 0.3) is 0 Å². The number of rotatable bonds is 1. The van der Waals surface area contributed by atoms with E-state index >= 15 is 0 Å². The van der Waals surface area contributed by atoms with Crippen LogP contribution in [0, 0.1) is 16.7 Å². The molecule has 0 bridgehead atoms. The first-order valence-corrected chi connectivity index (χ1v) is 9.79. The van der Waals surface area contributed by atoms with Gasteiger partial charge in [-0.15, -0.1) is 0 Å². The number of benzene rings is 1. The normalized spacial score (nSPS) is 21.5. The Hall–Kier alpha value is -2.04. The predicted molar refractivity (Wildman–Crippen MR) is 101 cm³/mol. The monoisotopic (exact) mass is 373 g/mol. The standard InChI is InChI=1S/C19H23N3O3S/c1-18(2,3)26(25)21-16-15-10-13(12-20)4-5-14(15)11-19(16)6-8-22(9-7-19)17(23)24/h4-5,10H,6-9,11H2,1-3H3,(H,23,24)/b21-16+/t26-/m1/s1. The summed E-state index contributed by atoms with van der Waals surface area (Å²) < 4.78 is 16.9. The van der Waals surface area contributed by atoms with Crippen molar-refractivity contribution in [3.63, 3.8) is 0 Å². The zero-order chi connectivity index (χ0) is 19.1. The molecule has 0 radical (unpaired) electrons. The Morgan fingerprint density at radius 3 is 2.58 bits per heavy atom. The lowest BCUT2D eigenvalue weighted by Gasteiger charge is -2.38. The first-order chi connectivity index (χ1) is 12.2. The van der Waals surface area contributed by atoms with Crippen molar-refractivity contribution in [1.29, 1.82) is 5.26 Å². The number of fused-ring (bicyclic) bond motifs is 1. The molecule has 0 unspecified atom stereocenters. The van der Waals surface area contributed by atoms with Gasteiger partial charge >= 0.3 is 6.09 Å². The number of carbonyl (C=O) groups is 1. The van der Waals surface area contributed by atoms with Crippen molar-refractivity contribution in [3.8, 4) is 6.07 Å². The summed E-state index contributed by atoms with van der Waals surface area (Å²) in [4.78, 5) is 12.7. The minimum atomic E-state index is -1.41. The molecule has 1 fully saturated rings. The van der Waals surface area contributed by atoms with Crippen LogP contribution >= 0.6 is 0 Å². The Morgan fingerprint density at radius 2 is 2.04 bits per heavy atom. The minimum absolute atomic E-state index is 0.302. The second-order valence-corrected chi connectivity index (χ2v) is 9.92. The Balaban J connectivity index is 2.04. The van der Waals surface area contributed by atoms with E-state index in [0.717, 1.165) is 23.3 Å². The van der Waals surface area contributed by atoms with Crippen LogP contribution in [-0.4, -0.2) is 44.2 Å². The van der Waals surface area contributed by atoms with Gasteiger partial charge < -0.3 is 14.6 Å². The van der Waals surface area contributed by atoms with E-state index in [-0.39, 0.29) is 5.41 Å². The molecule has 0 saturated carbocycles. The van der Waals surface area contributed by atoms with E-state index in [2.05, 4.69) is 10.5 Å². The maximum atomic E-state index is 12.7. The molecule has 1 N–H and O–H groups in total. The highest BCUT2D eigenvalue weighted by Gasteiger charge is 2.48. The van der Waals surface area contributed by atoms with Crippen molar-refractivity contribution in [1.82, 2.24) is 4.90 Å². The van der Waals surface area contributed by atoms with Crippen LogP contribution in [-0.2, 0) is 17.8 Å². The highest BCUT2D eigenvalue weighted by Crippen LogP contribution is 2.46. The molecule has 1 aliphatic heterocycles. The van der Waals surface area contributed by atoms with Crippen molar-refractivity contribution in [3.05, 3.63) is 34.9 Å². The van der Waals surface area contributed by atoms with Crippen LogP contribution in [0.4, 0.5) is 4.79 Å². The fourth-order valence-corrected chi connectivity index (χ4v) is 4.39. The Morgan fingerprint density at radius 1 is 1.38 bits per heavy atom. The largest absolute Gasteiger partial charge is 0.591 e. The number of hydrogen-bond acceptors (Lipinski definition) is 4. The Bertz CT molecular complexity index is 799. The van der Waals surface area contributed by atoms with E-state index in [1.807, 2.05) is 32.9 Å². The lowest BCUT2D eigenvalue weighted by molar-refractivity contribution is 0.115. The fourth-order valence-electron chi connectivity index (χ4n) is 3.66. The molecule has 6 nitrogen and oxygen atoms in total. The molecule has 0 aromatic heterocycles. The summed E-state index contributed by atoms with van der Waals surface area (Å²) in [5.74, 6) is 0. The summed E-state index contributed by atoms with van der Waals surface area (Å²) in [7, 11) is 0. The number of nitrogens with zero attached hydrogens (tertiary/aromatic N) is 3. The average Bonchev–Trinajstić information content (AvgIpc) is 2.87. The highest BCUT2D eigenvalue weighted by molar-refractivity contribution is 7.91. The number of carboxylic acid groups (broad SMARTS) is 1. The second kappa shape index (κ2) is 6.60.